The minimum absolute atomic E-state index is 0.114. The van der Waals surface area contributed by atoms with E-state index >= 15 is 0 Å². The minimum Gasteiger partial charge on any atom is -0.388 e. The quantitative estimate of drug-likeness (QED) is 0.726. The van der Waals surface area contributed by atoms with Crippen LogP contribution in [-0.2, 0) is 0 Å². The number of carbonyl (C=O) groups excluding carboxylic acids is 1. The van der Waals surface area contributed by atoms with Gasteiger partial charge in [0.25, 0.3) is 0 Å². The normalized spacial score (nSPS) is 16.6. The highest BCUT2D eigenvalue weighted by Gasteiger charge is 2.28. The highest BCUT2D eigenvalue weighted by Crippen LogP contribution is 2.31. The molecule has 0 radical (unpaired) electrons. The van der Waals surface area contributed by atoms with Crippen molar-refractivity contribution in [2.45, 2.75) is 18.9 Å². The van der Waals surface area contributed by atoms with Crippen molar-refractivity contribution >= 4 is 32.7 Å². The van der Waals surface area contributed by atoms with Gasteiger partial charge in [-0.05, 0) is 36.5 Å². The molecule has 1 aliphatic rings. The van der Waals surface area contributed by atoms with E-state index in [1.54, 1.807) is 4.90 Å². The second-order valence-electron chi connectivity index (χ2n) is 6.60. The third-order valence-electron chi connectivity index (χ3n) is 4.92. The van der Waals surface area contributed by atoms with Gasteiger partial charge in [0.15, 0.2) is 5.13 Å². The molecule has 2 amide bonds. The first-order valence-electron chi connectivity index (χ1n) is 8.85. The zero-order chi connectivity index (χ0) is 17.9. The molecule has 3 aromatic rings. The van der Waals surface area contributed by atoms with Crippen LogP contribution in [0, 0.1) is 5.92 Å². The number of hydrogen-bond acceptors (Lipinski definition) is 4. The number of hydrogen-bond donors (Lipinski definition) is 2. The molecule has 0 spiro atoms. The first-order valence-corrected chi connectivity index (χ1v) is 9.67. The summed E-state index contributed by atoms with van der Waals surface area (Å²) in [5.74, 6) is 0.184. The lowest BCUT2D eigenvalue weighted by molar-refractivity contribution is 0.0683. The summed E-state index contributed by atoms with van der Waals surface area (Å²) in [5.41, 5.74) is 1.85. The van der Waals surface area contributed by atoms with Gasteiger partial charge in [0.2, 0.25) is 0 Å². The number of para-hydroxylation sites is 1. The van der Waals surface area contributed by atoms with Crippen LogP contribution in [0.2, 0.25) is 0 Å². The molecule has 134 valence electrons. The van der Waals surface area contributed by atoms with Crippen LogP contribution in [0.4, 0.5) is 9.93 Å². The first kappa shape index (κ1) is 17.0. The number of thiazole rings is 1. The average Bonchev–Trinajstić information content (AvgIpc) is 3.10. The number of urea groups is 1. The molecule has 6 heteroatoms. The fourth-order valence-electron chi connectivity index (χ4n) is 3.44. The summed E-state index contributed by atoms with van der Waals surface area (Å²) in [6.45, 7) is 1.29. The van der Waals surface area contributed by atoms with Crippen LogP contribution >= 0.6 is 11.3 Å². The number of aromatic nitrogens is 1. The standard InChI is InChI=1S/C20H21N3O2S/c24-18(14-6-2-1-3-7-14)15-10-12-23(13-11-15)20(25)22-19-21-16-8-4-5-9-17(16)26-19/h1-9,15,18,24H,10-13H2,(H,21,22,25)/t18-/m0/s1. The molecule has 1 aliphatic heterocycles. The first-order chi connectivity index (χ1) is 12.7. The Balaban J connectivity index is 1.34. The predicted molar refractivity (Wildman–Crippen MR) is 104 cm³/mol. The smallest absolute Gasteiger partial charge is 0.323 e. The van der Waals surface area contributed by atoms with Gasteiger partial charge in [-0.1, -0.05) is 53.8 Å². The van der Waals surface area contributed by atoms with E-state index in [4.69, 9.17) is 0 Å². The van der Waals surface area contributed by atoms with E-state index < -0.39 is 6.10 Å². The molecule has 2 N–H and O–H groups in total. The molecular weight excluding hydrogens is 346 g/mol. The van der Waals surface area contributed by atoms with Crippen molar-refractivity contribution in [2.24, 2.45) is 5.92 Å². The van der Waals surface area contributed by atoms with Crippen molar-refractivity contribution in [3.8, 4) is 0 Å². The van der Waals surface area contributed by atoms with Crippen LogP contribution in [0.3, 0.4) is 0 Å². The Morgan fingerprint density at radius 3 is 2.54 bits per heavy atom. The molecule has 5 nitrogen and oxygen atoms in total. The van der Waals surface area contributed by atoms with Crippen LogP contribution in [0.15, 0.2) is 54.6 Å². The maximum atomic E-state index is 12.5. The van der Waals surface area contributed by atoms with Crippen LogP contribution < -0.4 is 5.32 Å². The Morgan fingerprint density at radius 2 is 1.81 bits per heavy atom. The Labute approximate surface area is 156 Å². The number of anilines is 1. The Kier molecular flexibility index (Phi) is 4.86. The number of fused-ring (bicyclic) bond motifs is 1. The lowest BCUT2D eigenvalue weighted by atomic mass is 9.87. The molecule has 1 saturated heterocycles. The Bertz CT molecular complexity index is 855. The summed E-state index contributed by atoms with van der Waals surface area (Å²) in [6.07, 6.45) is 1.12. The van der Waals surface area contributed by atoms with E-state index in [1.807, 2.05) is 54.6 Å². The Morgan fingerprint density at radius 1 is 1.12 bits per heavy atom. The number of carbonyl (C=O) groups is 1. The SMILES string of the molecule is O=C(Nc1nc2ccccc2s1)N1CCC([C@@H](O)c2ccccc2)CC1. The zero-order valence-electron chi connectivity index (χ0n) is 14.3. The Hall–Kier alpha value is -2.44. The fourth-order valence-corrected chi connectivity index (χ4v) is 4.29. The molecule has 1 atom stereocenters. The number of nitrogens with zero attached hydrogens (tertiary/aromatic N) is 2. The molecule has 1 aromatic heterocycles. The van der Waals surface area contributed by atoms with Gasteiger partial charge in [-0.2, -0.15) is 0 Å². The predicted octanol–water partition coefficient (Wildman–Crippen LogP) is 4.27. The van der Waals surface area contributed by atoms with E-state index in [0.717, 1.165) is 28.6 Å². The molecular formula is C20H21N3O2S. The van der Waals surface area contributed by atoms with Crippen LogP contribution in [0.5, 0.6) is 0 Å². The number of aliphatic hydroxyl groups is 1. The summed E-state index contributed by atoms with van der Waals surface area (Å²) in [4.78, 5) is 18.8. The topological polar surface area (TPSA) is 65.5 Å². The lowest BCUT2D eigenvalue weighted by Crippen LogP contribution is -2.42. The van der Waals surface area contributed by atoms with E-state index in [-0.39, 0.29) is 11.9 Å². The number of likely N-dealkylation sites (tertiary alicyclic amines) is 1. The average molecular weight is 367 g/mol. The highest BCUT2D eigenvalue weighted by atomic mass is 32.1. The maximum absolute atomic E-state index is 12.5. The van der Waals surface area contributed by atoms with Crippen molar-refractivity contribution in [1.82, 2.24) is 9.88 Å². The molecule has 0 bridgehead atoms. The molecule has 0 aliphatic carbocycles. The van der Waals surface area contributed by atoms with Crippen molar-refractivity contribution in [1.29, 1.82) is 0 Å². The molecule has 2 aromatic carbocycles. The summed E-state index contributed by atoms with van der Waals surface area (Å²) in [5, 5.41) is 14.1. The highest BCUT2D eigenvalue weighted by molar-refractivity contribution is 7.22. The third-order valence-corrected chi connectivity index (χ3v) is 5.87. The van der Waals surface area contributed by atoms with Crippen molar-refractivity contribution in [3.63, 3.8) is 0 Å². The number of amides is 2. The molecule has 2 heterocycles. The second kappa shape index (κ2) is 7.43. The van der Waals surface area contributed by atoms with Gasteiger partial charge in [-0.25, -0.2) is 9.78 Å². The number of piperidine rings is 1. The number of rotatable bonds is 3. The zero-order valence-corrected chi connectivity index (χ0v) is 15.2. The van der Waals surface area contributed by atoms with E-state index in [2.05, 4.69) is 10.3 Å². The monoisotopic (exact) mass is 367 g/mol. The maximum Gasteiger partial charge on any atom is 0.323 e. The lowest BCUT2D eigenvalue weighted by Gasteiger charge is -2.34. The summed E-state index contributed by atoms with van der Waals surface area (Å²) < 4.78 is 1.06. The van der Waals surface area contributed by atoms with E-state index in [9.17, 15) is 9.90 Å². The molecule has 0 unspecified atom stereocenters. The van der Waals surface area contributed by atoms with Gasteiger partial charge in [0, 0.05) is 13.1 Å². The van der Waals surface area contributed by atoms with E-state index in [0.29, 0.717) is 18.2 Å². The van der Waals surface area contributed by atoms with Gasteiger partial charge in [-0.15, -0.1) is 0 Å². The number of aliphatic hydroxyl groups excluding tert-OH is 1. The van der Waals surface area contributed by atoms with Crippen LogP contribution in [0.25, 0.3) is 10.2 Å². The van der Waals surface area contributed by atoms with Gasteiger partial charge < -0.3 is 10.0 Å². The summed E-state index contributed by atoms with van der Waals surface area (Å²) >= 11 is 1.48. The van der Waals surface area contributed by atoms with Gasteiger partial charge >= 0.3 is 6.03 Å². The van der Waals surface area contributed by atoms with Crippen molar-refractivity contribution < 1.29 is 9.90 Å². The van der Waals surface area contributed by atoms with Gasteiger partial charge in [-0.3, -0.25) is 5.32 Å². The van der Waals surface area contributed by atoms with Crippen LogP contribution in [-0.4, -0.2) is 34.1 Å². The molecule has 26 heavy (non-hydrogen) atoms. The van der Waals surface area contributed by atoms with E-state index in [1.165, 1.54) is 11.3 Å². The summed E-state index contributed by atoms with van der Waals surface area (Å²) in [7, 11) is 0. The molecule has 1 fully saturated rings. The molecule has 4 rings (SSSR count). The third kappa shape index (κ3) is 3.57. The van der Waals surface area contributed by atoms with Crippen molar-refractivity contribution in [3.05, 3.63) is 60.2 Å². The van der Waals surface area contributed by atoms with Crippen molar-refractivity contribution in [2.75, 3.05) is 18.4 Å². The summed E-state index contributed by atoms with van der Waals surface area (Å²) in [6, 6.07) is 17.5. The largest absolute Gasteiger partial charge is 0.388 e. The van der Waals surface area contributed by atoms with Gasteiger partial charge in [0.1, 0.15) is 0 Å². The van der Waals surface area contributed by atoms with Crippen LogP contribution in [0.1, 0.15) is 24.5 Å². The molecule has 0 saturated carbocycles. The van der Waals surface area contributed by atoms with Gasteiger partial charge in [0.05, 0.1) is 16.3 Å². The second-order valence-corrected chi connectivity index (χ2v) is 7.63. The number of benzene rings is 2. The minimum atomic E-state index is -0.467. The number of nitrogens with one attached hydrogen (secondary N) is 1. The fraction of sp³-hybridized carbons (Fsp3) is 0.300.